The van der Waals surface area contributed by atoms with Gasteiger partial charge in [-0.25, -0.2) is 0 Å². The summed E-state index contributed by atoms with van der Waals surface area (Å²) in [6.07, 6.45) is 0.241. The zero-order valence-corrected chi connectivity index (χ0v) is 21.5. The maximum atomic E-state index is 5.44. The fourth-order valence-electron chi connectivity index (χ4n) is 2.04. The molecule has 0 radical (unpaired) electrons. The molecule has 0 saturated heterocycles. The third-order valence-electron chi connectivity index (χ3n) is 3.50. The number of hydrogen-bond acceptors (Lipinski definition) is 9. The first-order valence-corrected chi connectivity index (χ1v) is 12.6. The second-order valence-corrected chi connectivity index (χ2v) is 7.59. The molecule has 0 spiro atoms. The molecule has 9 nitrogen and oxygen atoms in total. The van der Waals surface area contributed by atoms with E-state index >= 15 is 0 Å². The van der Waals surface area contributed by atoms with E-state index < -0.39 is 0 Å². The molecule has 0 atom stereocenters. The fraction of sp³-hybridized carbons (Fsp3) is 1.00. The number of hydrogen-bond donors (Lipinski definition) is 0. The maximum Gasteiger partial charge on any atom is 0.0703 e. The first-order chi connectivity index (χ1) is 15.3. The molecule has 0 rings (SSSR count). The fourth-order valence-corrected chi connectivity index (χ4v) is 2.35. The van der Waals surface area contributed by atoms with E-state index in [1.165, 1.54) is 0 Å². The average Bonchev–Trinajstić information content (AvgIpc) is 2.76. The van der Waals surface area contributed by atoms with Crippen molar-refractivity contribution in [2.24, 2.45) is 0 Å². The minimum atomic E-state index is 0.241. The van der Waals surface area contributed by atoms with Crippen molar-refractivity contribution in [2.45, 2.75) is 20.0 Å². The summed E-state index contributed by atoms with van der Waals surface area (Å²) in [5.74, 6) is 0. The predicted octanol–water partition coefficient (Wildman–Crippen LogP) is 1.98. The van der Waals surface area contributed by atoms with Crippen LogP contribution in [-0.4, -0.2) is 123 Å². The molecule has 0 aromatic rings. The highest BCUT2D eigenvalue weighted by Crippen LogP contribution is 1.88. The highest BCUT2D eigenvalue weighted by molar-refractivity contribution is 14.1. The third-order valence-corrected chi connectivity index (χ3v) is 3.94. The topological polar surface area (TPSA) is 83.1 Å². The highest BCUT2D eigenvalue weighted by Gasteiger charge is 1.96. The predicted molar refractivity (Wildman–Crippen MR) is 127 cm³/mol. The Kier molecular flexibility index (Phi) is 28.7. The van der Waals surface area contributed by atoms with Gasteiger partial charge in [0.05, 0.1) is 118 Å². The summed E-state index contributed by atoms with van der Waals surface area (Å²) in [6, 6.07) is 0. The minimum absolute atomic E-state index is 0.241. The largest absolute Gasteiger partial charge is 0.378 e. The molecule has 0 aliphatic carbocycles. The second-order valence-electron chi connectivity index (χ2n) is 6.51. The highest BCUT2D eigenvalue weighted by atomic mass is 127. The van der Waals surface area contributed by atoms with Gasteiger partial charge in [0.25, 0.3) is 0 Å². The van der Waals surface area contributed by atoms with E-state index in [0.29, 0.717) is 106 Å². The summed E-state index contributed by atoms with van der Waals surface area (Å²) in [5, 5.41) is 0. The van der Waals surface area contributed by atoms with Gasteiger partial charge in [0.1, 0.15) is 0 Å². The van der Waals surface area contributed by atoms with Crippen molar-refractivity contribution in [3.05, 3.63) is 0 Å². The monoisotopic (exact) mass is 566 g/mol. The zero-order valence-electron chi connectivity index (χ0n) is 19.4. The normalized spacial score (nSPS) is 11.6. The van der Waals surface area contributed by atoms with Gasteiger partial charge in [-0.15, -0.1) is 0 Å². The van der Waals surface area contributed by atoms with Crippen LogP contribution in [0.5, 0.6) is 0 Å². The molecular formula is C21H43IO9. The molecule has 0 saturated carbocycles. The lowest BCUT2D eigenvalue weighted by Crippen LogP contribution is -2.15. The van der Waals surface area contributed by atoms with Crippen LogP contribution in [-0.2, 0) is 42.6 Å². The summed E-state index contributed by atoms with van der Waals surface area (Å²) < 4.78 is 49.6. The van der Waals surface area contributed by atoms with E-state index in [4.69, 9.17) is 42.6 Å². The molecule has 0 aromatic heterocycles. The summed E-state index contributed by atoms with van der Waals surface area (Å²) in [5.41, 5.74) is 0. The summed E-state index contributed by atoms with van der Waals surface area (Å²) in [7, 11) is 0. The quantitative estimate of drug-likeness (QED) is 0.0843. The summed E-state index contributed by atoms with van der Waals surface area (Å²) >= 11 is 2.28. The van der Waals surface area contributed by atoms with Crippen LogP contribution in [0.3, 0.4) is 0 Å². The Morgan fingerprint density at radius 2 is 0.613 bits per heavy atom. The van der Waals surface area contributed by atoms with Crippen molar-refractivity contribution in [1.82, 2.24) is 0 Å². The Bertz CT molecular complexity index is 325. The van der Waals surface area contributed by atoms with Gasteiger partial charge >= 0.3 is 0 Å². The van der Waals surface area contributed by atoms with Gasteiger partial charge < -0.3 is 42.6 Å². The molecule has 10 heteroatoms. The van der Waals surface area contributed by atoms with E-state index in [2.05, 4.69) is 22.6 Å². The van der Waals surface area contributed by atoms with Gasteiger partial charge in [-0.05, 0) is 13.8 Å². The van der Waals surface area contributed by atoms with Gasteiger partial charge in [0, 0.05) is 4.43 Å². The van der Waals surface area contributed by atoms with Crippen molar-refractivity contribution in [2.75, 3.05) is 117 Å². The third kappa shape index (κ3) is 30.4. The average molecular weight is 566 g/mol. The molecule has 0 heterocycles. The molecule has 0 N–H and O–H groups in total. The van der Waals surface area contributed by atoms with Gasteiger partial charge in [-0.2, -0.15) is 0 Å². The van der Waals surface area contributed by atoms with Crippen LogP contribution in [0.4, 0.5) is 0 Å². The molecule has 0 aromatic carbocycles. The molecule has 0 fully saturated rings. The number of rotatable bonds is 27. The molecule has 0 aliphatic rings. The smallest absolute Gasteiger partial charge is 0.0703 e. The molecule has 0 aliphatic heterocycles. The van der Waals surface area contributed by atoms with Gasteiger partial charge in [-0.1, -0.05) is 22.6 Å². The number of alkyl halides is 1. The van der Waals surface area contributed by atoms with Gasteiger partial charge in [0.15, 0.2) is 0 Å². The van der Waals surface area contributed by atoms with Crippen molar-refractivity contribution in [1.29, 1.82) is 0 Å². The van der Waals surface area contributed by atoms with Crippen LogP contribution < -0.4 is 0 Å². The lowest BCUT2D eigenvalue weighted by molar-refractivity contribution is -0.0267. The van der Waals surface area contributed by atoms with Crippen LogP contribution in [0.1, 0.15) is 13.8 Å². The summed E-state index contributed by atoms with van der Waals surface area (Å²) in [6.45, 7) is 13.8. The van der Waals surface area contributed by atoms with E-state index in [0.717, 1.165) is 11.0 Å². The van der Waals surface area contributed by atoms with Crippen molar-refractivity contribution in [3.63, 3.8) is 0 Å². The van der Waals surface area contributed by atoms with Gasteiger partial charge in [-0.3, -0.25) is 0 Å². The molecule has 0 amide bonds. The van der Waals surface area contributed by atoms with Gasteiger partial charge in [0.2, 0.25) is 0 Å². The Hall–Kier alpha value is 0.370. The van der Waals surface area contributed by atoms with Crippen LogP contribution in [0, 0.1) is 0 Å². The SMILES string of the molecule is CC(C)OCCOCCOCCOCCOCCOCCOCCOCCOCCI. The van der Waals surface area contributed by atoms with Crippen LogP contribution in [0.2, 0.25) is 0 Å². The molecule has 31 heavy (non-hydrogen) atoms. The standard InChI is InChI=1S/C21H43IO9/c1-21(2)31-20-19-30-18-17-29-16-15-28-14-13-27-12-11-26-10-9-25-8-7-24-6-5-23-4-3-22/h21H,3-20H2,1-2H3. The van der Waals surface area contributed by atoms with E-state index in [9.17, 15) is 0 Å². The lowest BCUT2D eigenvalue weighted by atomic mass is 10.5. The molecule has 188 valence electrons. The number of ether oxygens (including phenoxy) is 9. The Balaban J connectivity index is 2.99. The molecular weight excluding hydrogens is 523 g/mol. The zero-order chi connectivity index (χ0) is 22.7. The Labute approximate surface area is 201 Å². The van der Waals surface area contributed by atoms with E-state index in [-0.39, 0.29) is 6.10 Å². The van der Waals surface area contributed by atoms with E-state index in [1.54, 1.807) is 0 Å². The lowest BCUT2D eigenvalue weighted by Gasteiger charge is -2.09. The van der Waals surface area contributed by atoms with Crippen molar-refractivity contribution < 1.29 is 42.6 Å². The number of halogens is 1. The minimum Gasteiger partial charge on any atom is -0.378 e. The molecule has 0 bridgehead atoms. The Morgan fingerprint density at radius 3 is 0.839 bits per heavy atom. The van der Waals surface area contributed by atoms with Crippen LogP contribution in [0.15, 0.2) is 0 Å². The van der Waals surface area contributed by atoms with E-state index in [1.807, 2.05) is 13.8 Å². The van der Waals surface area contributed by atoms with Crippen molar-refractivity contribution >= 4 is 22.6 Å². The first-order valence-electron chi connectivity index (χ1n) is 11.1. The molecule has 0 unspecified atom stereocenters. The van der Waals surface area contributed by atoms with Crippen LogP contribution >= 0.6 is 22.6 Å². The summed E-state index contributed by atoms with van der Waals surface area (Å²) in [4.78, 5) is 0. The maximum absolute atomic E-state index is 5.44. The Morgan fingerprint density at radius 1 is 0.387 bits per heavy atom. The first kappa shape index (κ1) is 31.4. The van der Waals surface area contributed by atoms with Crippen molar-refractivity contribution in [3.8, 4) is 0 Å². The second kappa shape index (κ2) is 28.4. The van der Waals surface area contributed by atoms with Crippen LogP contribution in [0.25, 0.3) is 0 Å².